The highest BCUT2D eigenvalue weighted by Gasteiger charge is 2.31. The van der Waals surface area contributed by atoms with Crippen molar-refractivity contribution in [2.75, 3.05) is 6.26 Å². The molecule has 0 unspecified atom stereocenters. The molecule has 0 fully saturated rings. The Kier molecular flexibility index (Phi) is 6.41. The van der Waals surface area contributed by atoms with E-state index < -0.39 is 6.36 Å². The summed E-state index contributed by atoms with van der Waals surface area (Å²) in [6.45, 7) is 0. The van der Waals surface area contributed by atoms with Crippen LogP contribution in [0.4, 0.5) is 18.9 Å². The van der Waals surface area contributed by atoms with Crippen LogP contribution in [0.1, 0.15) is 0 Å². The number of ether oxygens (including phenoxy) is 1. The third kappa shape index (κ3) is 5.37. The average Bonchev–Trinajstić information content (AvgIpc) is 2.32. The topological polar surface area (TPSA) is 57.4 Å². The van der Waals surface area contributed by atoms with Crippen LogP contribution in [0.25, 0.3) is 0 Å². The summed E-state index contributed by atoms with van der Waals surface area (Å²) in [6, 6.07) is 2.35. The minimum atomic E-state index is -4.78. The maximum Gasteiger partial charge on any atom is 0.573 e. The van der Waals surface area contributed by atoms with Crippen LogP contribution in [0, 0.1) is 15.0 Å². The first-order chi connectivity index (χ1) is 9.26. The Morgan fingerprint density at radius 3 is 2.70 bits per heavy atom. The molecule has 0 aliphatic heterocycles. The van der Waals surface area contributed by atoms with Crippen LogP contribution in [0.5, 0.6) is 5.75 Å². The van der Waals surface area contributed by atoms with Crippen molar-refractivity contribution in [2.45, 2.75) is 6.36 Å². The highest BCUT2D eigenvalue weighted by atomic mass is 127. The van der Waals surface area contributed by atoms with Crippen molar-refractivity contribution in [3.8, 4) is 11.9 Å². The lowest BCUT2D eigenvalue weighted by Gasteiger charge is -2.11. The highest BCUT2D eigenvalue weighted by Crippen LogP contribution is 2.36. The summed E-state index contributed by atoms with van der Waals surface area (Å²) in [4.78, 5) is 4.08. The number of hydrogen-bond donors (Lipinski definition) is 1. The van der Waals surface area contributed by atoms with Gasteiger partial charge in [0.25, 0.3) is 0 Å². The van der Waals surface area contributed by atoms with E-state index in [9.17, 15) is 13.2 Å². The number of thioether (sulfide) groups is 1. The van der Waals surface area contributed by atoms with E-state index >= 15 is 0 Å². The van der Waals surface area contributed by atoms with E-state index in [1.165, 1.54) is 6.07 Å². The summed E-state index contributed by atoms with van der Waals surface area (Å²) in [6.07, 6.45) is -1.40. The number of halogens is 5. The Morgan fingerprint density at radius 1 is 1.55 bits per heavy atom. The minimum absolute atomic E-state index is 0.256. The van der Waals surface area contributed by atoms with E-state index in [0.717, 1.165) is 17.8 Å². The van der Waals surface area contributed by atoms with Gasteiger partial charge in [0.05, 0.1) is 9.26 Å². The SMILES string of the molecule is CSC(=Nc1cc(OC(F)(F)F)cc(Br)c1I)NC#N. The maximum absolute atomic E-state index is 12.2. The van der Waals surface area contributed by atoms with Gasteiger partial charge >= 0.3 is 6.36 Å². The molecule has 0 amide bonds. The van der Waals surface area contributed by atoms with Gasteiger partial charge in [0, 0.05) is 10.5 Å². The molecule has 0 spiro atoms. The molecule has 1 rings (SSSR count). The van der Waals surface area contributed by atoms with E-state index in [4.69, 9.17) is 5.26 Å². The molecule has 0 saturated heterocycles. The Balaban J connectivity index is 3.22. The number of rotatable bonds is 2. The van der Waals surface area contributed by atoms with Crippen molar-refractivity contribution in [1.82, 2.24) is 5.32 Å². The fourth-order valence-electron chi connectivity index (χ4n) is 1.11. The van der Waals surface area contributed by atoms with Gasteiger partial charge in [-0.3, -0.25) is 5.32 Å². The zero-order valence-electron chi connectivity index (χ0n) is 9.76. The second-order valence-corrected chi connectivity index (χ2v) is 5.87. The predicted molar refractivity (Wildman–Crippen MR) is 82.9 cm³/mol. The number of benzene rings is 1. The van der Waals surface area contributed by atoms with Gasteiger partial charge in [0.15, 0.2) is 11.4 Å². The predicted octanol–water partition coefficient (Wildman–Crippen LogP) is 4.37. The zero-order valence-corrected chi connectivity index (χ0v) is 14.3. The second kappa shape index (κ2) is 7.37. The molecule has 1 aromatic carbocycles. The summed E-state index contributed by atoms with van der Waals surface area (Å²) in [5, 5.41) is 11.1. The summed E-state index contributed by atoms with van der Waals surface area (Å²) < 4.78 is 41.5. The van der Waals surface area contributed by atoms with Crippen LogP contribution >= 0.6 is 50.3 Å². The van der Waals surface area contributed by atoms with E-state index in [1.807, 2.05) is 22.6 Å². The molecular formula is C10H6BrF3IN3OS. The van der Waals surface area contributed by atoms with Crippen LogP contribution in [-0.4, -0.2) is 17.8 Å². The molecule has 0 saturated carbocycles. The monoisotopic (exact) mass is 479 g/mol. The Bertz CT molecular complexity index is 574. The summed E-state index contributed by atoms with van der Waals surface area (Å²) in [5.41, 5.74) is 0.256. The van der Waals surface area contributed by atoms with Crippen molar-refractivity contribution in [2.24, 2.45) is 4.99 Å². The standard InChI is InChI=1S/C10H6BrF3IN3OS/c1-20-9(17-4-16)18-7-3-5(19-10(12,13)14)2-6(11)8(7)15/h2-3H,1H3,(H,17,18). The van der Waals surface area contributed by atoms with Crippen molar-refractivity contribution in [3.63, 3.8) is 0 Å². The number of hydrogen-bond acceptors (Lipinski definition) is 4. The molecule has 0 bridgehead atoms. The fourth-order valence-corrected chi connectivity index (χ4v) is 2.30. The summed E-state index contributed by atoms with van der Waals surface area (Å²) >= 11 is 6.22. The van der Waals surface area contributed by atoms with Gasteiger partial charge in [-0.15, -0.1) is 13.2 Å². The molecule has 0 radical (unpaired) electrons. The van der Waals surface area contributed by atoms with E-state index in [1.54, 1.807) is 12.4 Å². The van der Waals surface area contributed by atoms with Crippen LogP contribution < -0.4 is 10.1 Å². The van der Waals surface area contributed by atoms with E-state index in [0.29, 0.717) is 8.04 Å². The molecule has 1 N–H and O–H groups in total. The Morgan fingerprint density at radius 2 is 2.20 bits per heavy atom. The Labute approximate surface area is 139 Å². The molecule has 0 aromatic heterocycles. The third-order valence-electron chi connectivity index (χ3n) is 1.79. The molecule has 0 aliphatic rings. The number of amidine groups is 1. The molecule has 0 aliphatic carbocycles. The maximum atomic E-state index is 12.2. The molecule has 1 aromatic rings. The summed E-state index contributed by atoms with van der Waals surface area (Å²) in [5.74, 6) is -0.388. The van der Waals surface area contributed by atoms with Crippen molar-refractivity contribution >= 4 is 61.1 Å². The normalized spacial score (nSPS) is 11.9. The fraction of sp³-hybridized carbons (Fsp3) is 0.200. The first kappa shape index (κ1) is 17.4. The Hall–Kier alpha value is -0.670. The van der Waals surface area contributed by atoms with E-state index in [-0.39, 0.29) is 16.6 Å². The number of alkyl halides is 3. The van der Waals surface area contributed by atoms with Gasteiger partial charge in [-0.25, -0.2) is 4.99 Å². The molecular weight excluding hydrogens is 474 g/mol. The molecule has 108 valence electrons. The van der Waals surface area contributed by atoms with Crippen LogP contribution in [0.2, 0.25) is 0 Å². The quantitative estimate of drug-likeness (QED) is 0.225. The summed E-state index contributed by atoms with van der Waals surface area (Å²) in [7, 11) is 0. The van der Waals surface area contributed by atoms with Crippen molar-refractivity contribution < 1.29 is 17.9 Å². The molecule has 0 heterocycles. The van der Waals surface area contributed by atoms with Gasteiger partial charge < -0.3 is 4.74 Å². The number of aliphatic imine (C=N–C) groups is 1. The van der Waals surface area contributed by atoms with Gasteiger partial charge in [-0.1, -0.05) is 11.8 Å². The van der Waals surface area contributed by atoms with Gasteiger partial charge in [0.2, 0.25) is 0 Å². The molecule has 20 heavy (non-hydrogen) atoms. The van der Waals surface area contributed by atoms with Crippen LogP contribution in [0.3, 0.4) is 0 Å². The molecule has 0 atom stereocenters. The minimum Gasteiger partial charge on any atom is -0.406 e. The number of nitrogens with zero attached hydrogens (tertiary/aromatic N) is 2. The molecule has 4 nitrogen and oxygen atoms in total. The first-order valence-corrected chi connectivity index (χ1v) is 7.89. The smallest absolute Gasteiger partial charge is 0.406 e. The lowest BCUT2D eigenvalue weighted by Crippen LogP contribution is -2.17. The lowest BCUT2D eigenvalue weighted by molar-refractivity contribution is -0.274. The third-order valence-corrected chi connectivity index (χ3v) is 4.87. The van der Waals surface area contributed by atoms with Gasteiger partial charge in [-0.2, -0.15) is 5.26 Å². The van der Waals surface area contributed by atoms with E-state index in [2.05, 4.69) is 31.0 Å². The zero-order chi connectivity index (χ0) is 15.3. The van der Waals surface area contributed by atoms with Crippen LogP contribution in [-0.2, 0) is 0 Å². The average molecular weight is 480 g/mol. The van der Waals surface area contributed by atoms with Crippen molar-refractivity contribution in [1.29, 1.82) is 5.26 Å². The highest BCUT2D eigenvalue weighted by molar-refractivity contribution is 14.1. The van der Waals surface area contributed by atoms with Crippen molar-refractivity contribution in [3.05, 3.63) is 20.2 Å². The second-order valence-electron chi connectivity index (χ2n) is 3.14. The number of nitriles is 1. The van der Waals surface area contributed by atoms with Gasteiger partial charge in [-0.05, 0) is 50.8 Å². The largest absolute Gasteiger partial charge is 0.573 e. The van der Waals surface area contributed by atoms with Gasteiger partial charge in [0.1, 0.15) is 5.75 Å². The molecule has 10 heteroatoms. The lowest BCUT2D eigenvalue weighted by atomic mass is 10.3. The first-order valence-electron chi connectivity index (χ1n) is 4.79. The number of nitrogens with one attached hydrogen (secondary N) is 1. The van der Waals surface area contributed by atoms with Crippen LogP contribution in [0.15, 0.2) is 21.6 Å².